The first-order valence-corrected chi connectivity index (χ1v) is 6.26. The van der Waals surface area contributed by atoms with E-state index in [0.29, 0.717) is 27.5 Å². The molecule has 0 bridgehead atoms. The van der Waals surface area contributed by atoms with Gasteiger partial charge in [0.25, 0.3) is 5.91 Å². The summed E-state index contributed by atoms with van der Waals surface area (Å²) < 4.78 is 0. The van der Waals surface area contributed by atoms with Crippen LogP contribution >= 0.6 is 11.6 Å². The maximum absolute atomic E-state index is 12.1. The molecule has 5 heteroatoms. The number of nitrogens with one attached hydrogen (secondary N) is 1. The highest BCUT2D eigenvalue weighted by molar-refractivity contribution is 6.31. The lowest BCUT2D eigenvalue weighted by molar-refractivity contribution is 0.102. The summed E-state index contributed by atoms with van der Waals surface area (Å²) in [4.78, 5) is 12.1. The van der Waals surface area contributed by atoms with Gasteiger partial charge in [-0.15, -0.1) is 0 Å². The molecule has 0 saturated heterocycles. The van der Waals surface area contributed by atoms with Crippen LogP contribution in [-0.2, 0) is 0 Å². The third-order valence-electron chi connectivity index (χ3n) is 2.85. The Morgan fingerprint density at radius 3 is 2.70 bits per heavy atom. The molecule has 0 aromatic heterocycles. The molecule has 20 heavy (non-hydrogen) atoms. The summed E-state index contributed by atoms with van der Waals surface area (Å²) >= 11 is 5.99. The number of halogens is 1. The first kappa shape index (κ1) is 13.9. The first-order valence-electron chi connectivity index (χ1n) is 5.88. The normalized spacial score (nSPS) is 9.85. The maximum Gasteiger partial charge on any atom is 0.255 e. The van der Waals surface area contributed by atoms with Crippen LogP contribution in [0.5, 0.6) is 0 Å². The van der Waals surface area contributed by atoms with Crippen molar-refractivity contribution in [3.8, 4) is 6.07 Å². The summed E-state index contributed by atoms with van der Waals surface area (Å²) in [6.45, 7) is 1.86. The monoisotopic (exact) mass is 285 g/mol. The average Bonchev–Trinajstić information content (AvgIpc) is 2.43. The van der Waals surface area contributed by atoms with Crippen LogP contribution in [0.3, 0.4) is 0 Å². The van der Waals surface area contributed by atoms with Gasteiger partial charge in [-0.25, -0.2) is 0 Å². The van der Waals surface area contributed by atoms with Gasteiger partial charge < -0.3 is 11.1 Å². The van der Waals surface area contributed by atoms with E-state index in [2.05, 4.69) is 5.32 Å². The van der Waals surface area contributed by atoms with Crippen LogP contribution < -0.4 is 11.1 Å². The molecule has 0 atom stereocenters. The number of amides is 1. The molecule has 0 spiro atoms. The zero-order valence-corrected chi connectivity index (χ0v) is 11.5. The van der Waals surface area contributed by atoms with Crippen molar-refractivity contribution in [2.24, 2.45) is 0 Å². The third kappa shape index (κ3) is 2.90. The van der Waals surface area contributed by atoms with Crippen molar-refractivity contribution in [1.82, 2.24) is 0 Å². The van der Waals surface area contributed by atoms with Crippen LogP contribution in [-0.4, -0.2) is 5.91 Å². The molecule has 2 rings (SSSR count). The van der Waals surface area contributed by atoms with Crippen molar-refractivity contribution in [1.29, 1.82) is 5.26 Å². The molecule has 0 aliphatic carbocycles. The number of aryl methyl sites for hydroxylation is 1. The fourth-order valence-electron chi connectivity index (χ4n) is 1.69. The molecule has 4 nitrogen and oxygen atoms in total. The number of hydrogen-bond donors (Lipinski definition) is 2. The van der Waals surface area contributed by atoms with Gasteiger partial charge in [0, 0.05) is 16.3 Å². The fraction of sp³-hybridized carbons (Fsp3) is 0.0667. The Bertz CT molecular complexity index is 720. The van der Waals surface area contributed by atoms with Gasteiger partial charge in [0.05, 0.1) is 11.3 Å². The van der Waals surface area contributed by atoms with E-state index in [4.69, 9.17) is 22.6 Å². The molecular weight excluding hydrogens is 274 g/mol. The van der Waals surface area contributed by atoms with Crippen molar-refractivity contribution in [2.45, 2.75) is 6.92 Å². The van der Waals surface area contributed by atoms with Crippen LogP contribution in [0.1, 0.15) is 21.5 Å². The van der Waals surface area contributed by atoms with Crippen LogP contribution in [0.4, 0.5) is 11.4 Å². The molecular formula is C15H12ClN3O. The van der Waals surface area contributed by atoms with Crippen molar-refractivity contribution in [3.05, 3.63) is 58.1 Å². The van der Waals surface area contributed by atoms with E-state index in [9.17, 15) is 4.79 Å². The summed E-state index contributed by atoms with van der Waals surface area (Å²) in [5, 5.41) is 12.2. The topological polar surface area (TPSA) is 78.9 Å². The molecule has 0 radical (unpaired) electrons. The highest BCUT2D eigenvalue weighted by atomic mass is 35.5. The molecule has 0 aliphatic rings. The largest absolute Gasteiger partial charge is 0.399 e. The van der Waals surface area contributed by atoms with E-state index >= 15 is 0 Å². The molecule has 1 amide bonds. The zero-order chi connectivity index (χ0) is 14.7. The second kappa shape index (κ2) is 5.64. The fourth-order valence-corrected chi connectivity index (χ4v) is 1.87. The first-order chi connectivity index (χ1) is 9.51. The highest BCUT2D eigenvalue weighted by Crippen LogP contribution is 2.21. The Balaban J connectivity index is 2.28. The number of hydrogen-bond acceptors (Lipinski definition) is 3. The maximum atomic E-state index is 12.1. The van der Waals surface area contributed by atoms with Gasteiger partial charge in [0.1, 0.15) is 6.07 Å². The lowest BCUT2D eigenvalue weighted by atomic mass is 10.1. The standard InChI is InChI=1S/C15H12ClN3O/c1-9-2-3-10(7-13(9)16)15(20)19-14-5-4-12(18)6-11(14)8-17/h2-7H,18H2,1H3,(H,19,20). The summed E-state index contributed by atoms with van der Waals surface area (Å²) in [6, 6.07) is 11.8. The Morgan fingerprint density at radius 2 is 2.05 bits per heavy atom. The van der Waals surface area contributed by atoms with Crippen molar-refractivity contribution in [2.75, 3.05) is 11.1 Å². The number of anilines is 2. The molecule has 0 heterocycles. The number of nitrogens with zero attached hydrogens (tertiary/aromatic N) is 1. The van der Waals surface area contributed by atoms with E-state index in [1.165, 1.54) is 6.07 Å². The van der Waals surface area contributed by atoms with E-state index in [0.717, 1.165) is 5.56 Å². The Hall–Kier alpha value is -2.51. The molecule has 0 fully saturated rings. The molecule has 3 N–H and O–H groups in total. The molecule has 100 valence electrons. The van der Waals surface area contributed by atoms with E-state index < -0.39 is 0 Å². The van der Waals surface area contributed by atoms with Gasteiger partial charge >= 0.3 is 0 Å². The SMILES string of the molecule is Cc1ccc(C(=O)Nc2ccc(N)cc2C#N)cc1Cl. The molecule has 2 aromatic rings. The molecule has 0 saturated carbocycles. The average molecular weight is 286 g/mol. The number of nitrogens with two attached hydrogens (primary N) is 1. The number of nitriles is 1. The van der Waals surface area contributed by atoms with Gasteiger partial charge in [0.15, 0.2) is 0 Å². The molecule has 2 aromatic carbocycles. The summed E-state index contributed by atoms with van der Waals surface area (Å²) in [7, 11) is 0. The zero-order valence-electron chi connectivity index (χ0n) is 10.8. The van der Waals surface area contributed by atoms with E-state index in [-0.39, 0.29) is 5.91 Å². The van der Waals surface area contributed by atoms with E-state index in [1.54, 1.807) is 30.3 Å². The van der Waals surface area contributed by atoms with Gasteiger partial charge in [-0.3, -0.25) is 4.79 Å². The number of benzene rings is 2. The molecule has 0 unspecified atom stereocenters. The van der Waals surface area contributed by atoms with Crippen molar-refractivity contribution < 1.29 is 4.79 Å². The third-order valence-corrected chi connectivity index (χ3v) is 3.25. The van der Waals surface area contributed by atoms with Crippen LogP contribution in [0, 0.1) is 18.3 Å². The van der Waals surface area contributed by atoms with Gasteiger partial charge in [-0.2, -0.15) is 5.26 Å². The van der Waals surface area contributed by atoms with Crippen LogP contribution in [0.15, 0.2) is 36.4 Å². The highest BCUT2D eigenvalue weighted by Gasteiger charge is 2.10. The summed E-state index contributed by atoms with van der Waals surface area (Å²) in [5.74, 6) is -0.326. The van der Waals surface area contributed by atoms with Gasteiger partial charge in [-0.1, -0.05) is 17.7 Å². The van der Waals surface area contributed by atoms with E-state index in [1.807, 2.05) is 13.0 Å². The van der Waals surface area contributed by atoms with Crippen LogP contribution in [0.2, 0.25) is 5.02 Å². The van der Waals surface area contributed by atoms with Gasteiger partial charge in [0.2, 0.25) is 0 Å². The minimum Gasteiger partial charge on any atom is -0.399 e. The predicted molar refractivity (Wildman–Crippen MR) is 79.7 cm³/mol. The number of rotatable bonds is 2. The summed E-state index contributed by atoms with van der Waals surface area (Å²) in [5.41, 5.74) is 8.14. The predicted octanol–water partition coefficient (Wildman–Crippen LogP) is 3.35. The van der Waals surface area contributed by atoms with Gasteiger partial charge in [-0.05, 0) is 42.8 Å². The quantitative estimate of drug-likeness (QED) is 0.831. The Kier molecular flexibility index (Phi) is 3.92. The second-order valence-electron chi connectivity index (χ2n) is 4.33. The lowest BCUT2D eigenvalue weighted by Crippen LogP contribution is -2.13. The Labute approximate surface area is 121 Å². The molecule has 0 aliphatic heterocycles. The number of carbonyl (C=O) groups excluding carboxylic acids is 1. The lowest BCUT2D eigenvalue weighted by Gasteiger charge is -2.08. The summed E-state index contributed by atoms with van der Waals surface area (Å²) in [6.07, 6.45) is 0. The van der Waals surface area contributed by atoms with Crippen molar-refractivity contribution in [3.63, 3.8) is 0 Å². The second-order valence-corrected chi connectivity index (χ2v) is 4.74. The van der Waals surface area contributed by atoms with Crippen molar-refractivity contribution >= 4 is 28.9 Å². The number of nitrogen functional groups attached to an aromatic ring is 1. The minimum atomic E-state index is -0.326. The number of carbonyl (C=O) groups is 1. The van der Waals surface area contributed by atoms with Crippen LogP contribution in [0.25, 0.3) is 0 Å². The Morgan fingerprint density at radius 1 is 1.30 bits per heavy atom. The minimum absolute atomic E-state index is 0.316. The smallest absolute Gasteiger partial charge is 0.255 e.